The van der Waals surface area contributed by atoms with E-state index in [1.807, 2.05) is 6.92 Å². The Kier molecular flexibility index (Phi) is 5.02. The molecule has 23 heavy (non-hydrogen) atoms. The van der Waals surface area contributed by atoms with E-state index in [0.29, 0.717) is 5.56 Å². The number of primary amides is 1. The van der Waals surface area contributed by atoms with Crippen LogP contribution in [0.5, 0.6) is 5.75 Å². The van der Waals surface area contributed by atoms with E-state index in [0.717, 1.165) is 5.56 Å². The molecule has 0 aliphatic rings. The third-order valence-electron chi connectivity index (χ3n) is 3.19. The smallest absolute Gasteiger partial charge is 0.339 e. The number of ether oxygens (including phenoxy) is 1. The van der Waals surface area contributed by atoms with Crippen LogP contribution < -0.4 is 9.92 Å². The number of hydrogen-bond donors (Lipinski definition) is 1. The number of amides is 1. The predicted molar refractivity (Wildman–Crippen MR) is 84.4 cm³/mol. The van der Waals surface area contributed by atoms with Gasteiger partial charge in [-0.2, -0.15) is 8.42 Å². The van der Waals surface area contributed by atoms with E-state index in [2.05, 4.69) is 0 Å². The van der Waals surface area contributed by atoms with E-state index in [4.69, 9.17) is 14.7 Å². The number of methoxy groups -OCH3 is 1. The van der Waals surface area contributed by atoms with Crippen LogP contribution in [0.2, 0.25) is 0 Å². The molecule has 7 heteroatoms. The molecule has 0 aromatic heterocycles. The van der Waals surface area contributed by atoms with Crippen LogP contribution >= 0.6 is 0 Å². The zero-order valence-corrected chi connectivity index (χ0v) is 13.5. The molecule has 0 bridgehead atoms. The van der Waals surface area contributed by atoms with Gasteiger partial charge in [0.05, 0.1) is 0 Å². The summed E-state index contributed by atoms with van der Waals surface area (Å²) >= 11 is 0. The Morgan fingerprint density at radius 1 is 1.04 bits per heavy atom. The Bertz CT molecular complexity index is 782. The Balaban J connectivity index is 2.20. The van der Waals surface area contributed by atoms with Crippen LogP contribution in [0.3, 0.4) is 0 Å². The van der Waals surface area contributed by atoms with Gasteiger partial charge in [0, 0.05) is 7.11 Å². The molecule has 1 unspecified atom stereocenters. The highest BCUT2D eigenvalue weighted by Gasteiger charge is 2.19. The molecule has 0 radical (unpaired) electrons. The number of aryl methyl sites for hydroxylation is 1. The fraction of sp³-hybridized carbons (Fsp3) is 0.188. The van der Waals surface area contributed by atoms with Crippen LogP contribution in [0, 0.1) is 6.92 Å². The van der Waals surface area contributed by atoms with E-state index >= 15 is 0 Å². The van der Waals surface area contributed by atoms with Crippen molar-refractivity contribution in [3.63, 3.8) is 0 Å². The van der Waals surface area contributed by atoms with Gasteiger partial charge in [0.1, 0.15) is 10.6 Å². The molecule has 0 aliphatic carbocycles. The normalized spacial score (nSPS) is 12.6. The first-order valence-corrected chi connectivity index (χ1v) is 8.17. The number of rotatable bonds is 6. The molecule has 0 saturated carbocycles. The summed E-state index contributed by atoms with van der Waals surface area (Å²) < 4.78 is 34.4. The first-order valence-electron chi connectivity index (χ1n) is 6.77. The molecule has 1 atom stereocenters. The van der Waals surface area contributed by atoms with Crippen molar-refractivity contribution in [3.05, 3.63) is 59.7 Å². The molecule has 1 amide bonds. The van der Waals surface area contributed by atoms with Crippen molar-refractivity contribution in [2.75, 3.05) is 7.11 Å². The molecule has 0 heterocycles. The maximum Gasteiger partial charge on any atom is 0.339 e. The van der Waals surface area contributed by atoms with Crippen LogP contribution in [0.4, 0.5) is 0 Å². The number of benzene rings is 2. The van der Waals surface area contributed by atoms with Gasteiger partial charge < -0.3 is 14.7 Å². The maximum atomic E-state index is 12.2. The molecule has 0 spiro atoms. The van der Waals surface area contributed by atoms with Gasteiger partial charge in [-0.3, -0.25) is 4.79 Å². The lowest BCUT2D eigenvalue weighted by Gasteiger charge is -2.12. The second kappa shape index (κ2) is 6.80. The van der Waals surface area contributed by atoms with Gasteiger partial charge in [0.15, 0.2) is 6.10 Å². The van der Waals surface area contributed by atoms with Crippen molar-refractivity contribution in [2.45, 2.75) is 17.9 Å². The second-order valence-electron chi connectivity index (χ2n) is 4.94. The lowest BCUT2D eigenvalue weighted by atomic mass is 10.1. The predicted octanol–water partition coefficient (Wildman–Crippen LogP) is 1.94. The van der Waals surface area contributed by atoms with E-state index < -0.39 is 22.1 Å². The monoisotopic (exact) mass is 335 g/mol. The van der Waals surface area contributed by atoms with E-state index in [9.17, 15) is 13.2 Å². The third kappa shape index (κ3) is 4.08. The topological polar surface area (TPSA) is 95.7 Å². The van der Waals surface area contributed by atoms with Gasteiger partial charge in [-0.1, -0.05) is 29.8 Å². The Labute approximate surface area is 135 Å². The lowest BCUT2D eigenvalue weighted by Crippen LogP contribution is -2.22. The van der Waals surface area contributed by atoms with Crippen molar-refractivity contribution in [2.24, 2.45) is 5.73 Å². The molecular weight excluding hydrogens is 318 g/mol. The average Bonchev–Trinajstić information content (AvgIpc) is 2.49. The summed E-state index contributed by atoms with van der Waals surface area (Å²) in [6.45, 7) is 1.86. The average molecular weight is 335 g/mol. The van der Waals surface area contributed by atoms with Gasteiger partial charge in [-0.05, 0) is 36.8 Å². The quantitative estimate of drug-likeness (QED) is 0.814. The molecule has 0 fully saturated rings. The first-order chi connectivity index (χ1) is 10.8. The van der Waals surface area contributed by atoms with Gasteiger partial charge in [-0.25, -0.2) is 0 Å². The van der Waals surface area contributed by atoms with Crippen LogP contribution in [-0.4, -0.2) is 21.4 Å². The van der Waals surface area contributed by atoms with Gasteiger partial charge >= 0.3 is 10.1 Å². The van der Waals surface area contributed by atoms with Crippen molar-refractivity contribution in [1.82, 2.24) is 0 Å². The van der Waals surface area contributed by atoms with Gasteiger partial charge in [-0.15, -0.1) is 0 Å². The standard InChI is InChI=1S/C16H17NO5S/c1-11-3-9-14(10-4-11)23(19,20)22-13-7-5-12(6-8-13)15(21-2)16(17)18/h3-10,15H,1-2H3,(H2,17,18). The second-order valence-corrected chi connectivity index (χ2v) is 6.48. The summed E-state index contributed by atoms with van der Waals surface area (Å²) in [5.41, 5.74) is 6.68. The molecule has 2 rings (SSSR count). The highest BCUT2D eigenvalue weighted by Crippen LogP contribution is 2.23. The Hall–Kier alpha value is -2.38. The molecule has 0 saturated heterocycles. The molecular formula is C16H17NO5S. The molecule has 2 aromatic carbocycles. The summed E-state index contributed by atoms with van der Waals surface area (Å²) in [6.07, 6.45) is -0.891. The van der Waals surface area contributed by atoms with Crippen LogP contribution in [0.25, 0.3) is 0 Å². The van der Waals surface area contributed by atoms with Crippen molar-refractivity contribution in [3.8, 4) is 5.75 Å². The number of carbonyl (C=O) groups is 1. The van der Waals surface area contributed by atoms with E-state index in [1.165, 1.54) is 43.5 Å². The molecule has 2 aromatic rings. The van der Waals surface area contributed by atoms with Crippen molar-refractivity contribution >= 4 is 16.0 Å². The largest absolute Gasteiger partial charge is 0.379 e. The van der Waals surface area contributed by atoms with Crippen molar-refractivity contribution in [1.29, 1.82) is 0 Å². The fourth-order valence-corrected chi connectivity index (χ4v) is 2.92. The van der Waals surface area contributed by atoms with Crippen LogP contribution in [0.1, 0.15) is 17.2 Å². The third-order valence-corrected chi connectivity index (χ3v) is 4.45. The number of nitrogens with two attached hydrogens (primary N) is 1. The minimum Gasteiger partial charge on any atom is -0.379 e. The Morgan fingerprint density at radius 3 is 2.09 bits per heavy atom. The number of carbonyl (C=O) groups excluding carboxylic acids is 1. The molecule has 122 valence electrons. The van der Waals surface area contributed by atoms with E-state index in [-0.39, 0.29) is 10.6 Å². The summed E-state index contributed by atoms with van der Waals surface area (Å²) in [5, 5.41) is 0. The molecule has 2 N–H and O–H groups in total. The zero-order chi connectivity index (χ0) is 17.0. The summed E-state index contributed by atoms with van der Waals surface area (Å²) in [7, 11) is -2.55. The fourth-order valence-electron chi connectivity index (χ4n) is 1.99. The SMILES string of the molecule is COC(C(N)=O)c1ccc(OS(=O)(=O)c2ccc(C)cc2)cc1. The van der Waals surface area contributed by atoms with Gasteiger partial charge in [0.25, 0.3) is 5.91 Å². The minimum atomic E-state index is -3.91. The summed E-state index contributed by atoms with van der Waals surface area (Å²) in [6, 6.07) is 12.3. The highest BCUT2D eigenvalue weighted by molar-refractivity contribution is 7.87. The summed E-state index contributed by atoms with van der Waals surface area (Å²) in [4.78, 5) is 11.3. The van der Waals surface area contributed by atoms with Crippen LogP contribution in [0.15, 0.2) is 53.4 Å². The molecule has 6 nitrogen and oxygen atoms in total. The first kappa shape index (κ1) is 17.0. The lowest BCUT2D eigenvalue weighted by molar-refractivity contribution is -0.128. The Morgan fingerprint density at radius 2 is 1.61 bits per heavy atom. The maximum absolute atomic E-state index is 12.2. The summed E-state index contributed by atoms with van der Waals surface area (Å²) in [5.74, 6) is -0.498. The highest BCUT2D eigenvalue weighted by atomic mass is 32.2. The van der Waals surface area contributed by atoms with Gasteiger partial charge in [0.2, 0.25) is 0 Å². The van der Waals surface area contributed by atoms with Crippen LogP contribution in [-0.2, 0) is 19.6 Å². The minimum absolute atomic E-state index is 0.0686. The number of hydrogen-bond acceptors (Lipinski definition) is 5. The zero-order valence-electron chi connectivity index (χ0n) is 12.7. The van der Waals surface area contributed by atoms with E-state index in [1.54, 1.807) is 12.1 Å². The molecule has 0 aliphatic heterocycles. The van der Waals surface area contributed by atoms with Crippen molar-refractivity contribution < 1.29 is 22.1 Å².